The maximum Gasteiger partial charge on any atom is 0.234 e. The highest BCUT2D eigenvalue weighted by atomic mass is 16.5. The molecule has 0 radical (unpaired) electrons. The van der Waals surface area contributed by atoms with Gasteiger partial charge in [-0.25, -0.2) is 0 Å². The fourth-order valence-corrected chi connectivity index (χ4v) is 3.66. The van der Waals surface area contributed by atoms with E-state index in [1.807, 2.05) is 0 Å². The van der Waals surface area contributed by atoms with Gasteiger partial charge in [-0.2, -0.15) is 4.98 Å². The van der Waals surface area contributed by atoms with E-state index in [0.717, 1.165) is 38.2 Å². The van der Waals surface area contributed by atoms with E-state index in [1.165, 1.54) is 12.8 Å². The quantitative estimate of drug-likeness (QED) is 0.802. The van der Waals surface area contributed by atoms with Crippen LogP contribution in [-0.2, 0) is 11.2 Å². The second kappa shape index (κ2) is 8.07. The highest BCUT2D eigenvalue weighted by Crippen LogP contribution is 2.32. The molecule has 7 nitrogen and oxygen atoms in total. The lowest BCUT2D eigenvalue weighted by Crippen LogP contribution is -2.38. The van der Waals surface area contributed by atoms with Gasteiger partial charge < -0.3 is 14.7 Å². The van der Waals surface area contributed by atoms with E-state index in [-0.39, 0.29) is 5.91 Å². The van der Waals surface area contributed by atoms with Crippen LogP contribution >= 0.6 is 0 Å². The number of nitrogens with zero attached hydrogens (tertiary/aromatic N) is 4. The Balaban J connectivity index is 1.35. The van der Waals surface area contributed by atoms with Crippen molar-refractivity contribution in [2.75, 3.05) is 40.3 Å². The summed E-state index contributed by atoms with van der Waals surface area (Å²) in [5.74, 6) is 2.00. The van der Waals surface area contributed by atoms with E-state index < -0.39 is 0 Å². The summed E-state index contributed by atoms with van der Waals surface area (Å²) in [6.07, 6.45) is 6.58. The van der Waals surface area contributed by atoms with Crippen molar-refractivity contribution in [3.63, 3.8) is 0 Å². The second-order valence-electron chi connectivity index (χ2n) is 7.27. The van der Waals surface area contributed by atoms with E-state index >= 15 is 0 Å². The summed E-state index contributed by atoms with van der Waals surface area (Å²) < 4.78 is 5.36. The van der Waals surface area contributed by atoms with E-state index in [0.29, 0.717) is 37.3 Å². The zero-order valence-corrected chi connectivity index (χ0v) is 14.8. The van der Waals surface area contributed by atoms with E-state index in [2.05, 4.69) is 39.4 Å². The van der Waals surface area contributed by atoms with Crippen molar-refractivity contribution in [3.8, 4) is 0 Å². The van der Waals surface area contributed by atoms with Gasteiger partial charge in [-0.05, 0) is 33.4 Å². The van der Waals surface area contributed by atoms with Gasteiger partial charge in [0, 0.05) is 38.0 Å². The first-order valence-electron chi connectivity index (χ1n) is 9.10. The first-order chi connectivity index (χ1) is 11.6. The van der Waals surface area contributed by atoms with Crippen molar-refractivity contribution in [1.29, 1.82) is 0 Å². The number of carbonyl (C=O) groups excluding carboxylic acids is 1. The molecule has 1 aliphatic heterocycles. The zero-order chi connectivity index (χ0) is 16.9. The molecule has 3 rings (SSSR count). The summed E-state index contributed by atoms with van der Waals surface area (Å²) in [5, 5.41) is 7.00. The molecule has 1 atom stereocenters. The zero-order valence-electron chi connectivity index (χ0n) is 14.8. The standard InChI is InChI=1S/C17H29N5O2/c1-21(2)14-8-10-22(11-14)12-16(23)18-9-7-15-19-17(24-20-15)13-5-3-4-6-13/h13-14H,3-12H2,1-2H3,(H,18,23)/t14-/m0/s1. The van der Waals surface area contributed by atoms with Gasteiger partial charge in [0.15, 0.2) is 5.82 Å². The predicted molar refractivity (Wildman–Crippen MR) is 90.8 cm³/mol. The molecular formula is C17H29N5O2. The van der Waals surface area contributed by atoms with Gasteiger partial charge in [0.2, 0.25) is 11.8 Å². The molecule has 1 saturated carbocycles. The molecule has 24 heavy (non-hydrogen) atoms. The molecule has 1 N–H and O–H groups in total. The van der Waals surface area contributed by atoms with Crippen molar-refractivity contribution in [2.45, 2.75) is 50.5 Å². The summed E-state index contributed by atoms with van der Waals surface area (Å²) in [4.78, 5) is 21.0. The molecular weight excluding hydrogens is 306 g/mol. The first kappa shape index (κ1) is 17.4. The third-order valence-corrected chi connectivity index (χ3v) is 5.20. The monoisotopic (exact) mass is 335 g/mol. The summed E-state index contributed by atoms with van der Waals surface area (Å²) in [6, 6.07) is 0.561. The van der Waals surface area contributed by atoms with Crippen LogP contribution in [0, 0.1) is 0 Å². The molecule has 134 valence electrons. The van der Waals surface area contributed by atoms with E-state index in [4.69, 9.17) is 4.52 Å². The lowest BCUT2D eigenvalue weighted by molar-refractivity contribution is -0.122. The largest absolute Gasteiger partial charge is 0.355 e. The molecule has 1 aliphatic carbocycles. The maximum absolute atomic E-state index is 12.0. The maximum atomic E-state index is 12.0. The number of nitrogens with one attached hydrogen (secondary N) is 1. The average Bonchev–Trinajstić information content (AvgIpc) is 3.28. The second-order valence-corrected chi connectivity index (χ2v) is 7.27. The van der Waals surface area contributed by atoms with Crippen LogP contribution in [0.25, 0.3) is 0 Å². The molecule has 2 aliphatic rings. The number of amides is 1. The number of likely N-dealkylation sites (tertiary alicyclic amines) is 1. The molecule has 1 amide bonds. The number of hydrogen-bond donors (Lipinski definition) is 1. The Bertz CT molecular complexity index is 539. The van der Waals surface area contributed by atoms with Gasteiger partial charge in [0.05, 0.1) is 6.54 Å². The van der Waals surface area contributed by atoms with Gasteiger partial charge in [-0.1, -0.05) is 18.0 Å². The highest BCUT2D eigenvalue weighted by Gasteiger charge is 2.25. The Labute approximate surface area is 143 Å². The molecule has 0 unspecified atom stereocenters. The van der Waals surface area contributed by atoms with Gasteiger partial charge in [0.25, 0.3) is 0 Å². The summed E-state index contributed by atoms with van der Waals surface area (Å²) in [6.45, 7) is 3.00. The van der Waals surface area contributed by atoms with E-state index in [9.17, 15) is 4.79 Å². The van der Waals surface area contributed by atoms with Crippen LogP contribution in [0.2, 0.25) is 0 Å². The van der Waals surface area contributed by atoms with Crippen LogP contribution in [0.3, 0.4) is 0 Å². The number of rotatable bonds is 7. The Morgan fingerprint density at radius 1 is 1.33 bits per heavy atom. The minimum atomic E-state index is 0.0777. The minimum absolute atomic E-state index is 0.0777. The van der Waals surface area contributed by atoms with Crippen molar-refractivity contribution in [2.24, 2.45) is 0 Å². The Hall–Kier alpha value is -1.47. The summed E-state index contributed by atoms with van der Waals surface area (Å²) >= 11 is 0. The van der Waals surface area contributed by atoms with Gasteiger partial charge in [-0.3, -0.25) is 9.69 Å². The lowest BCUT2D eigenvalue weighted by Gasteiger charge is -2.19. The van der Waals surface area contributed by atoms with Crippen molar-refractivity contribution in [3.05, 3.63) is 11.7 Å². The molecule has 0 aromatic carbocycles. The number of carbonyl (C=O) groups is 1. The molecule has 7 heteroatoms. The topological polar surface area (TPSA) is 74.5 Å². The van der Waals surface area contributed by atoms with Crippen LogP contribution in [-0.4, -0.2) is 72.2 Å². The van der Waals surface area contributed by atoms with Gasteiger partial charge in [0.1, 0.15) is 0 Å². The molecule has 0 spiro atoms. The van der Waals surface area contributed by atoms with Crippen LogP contribution in [0.5, 0.6) is 0 Å². The molecule has 2 heterocycles. The number of hydrogen-bond acceptors (Lipinski definition) is 6. The summed E-state index contributed by atoms with van der Waals surface area (Å²) in [5.41, 5.74) is 0. The van der Waals surface area contributed by atoms with Crippen LogP contribution in [0.1, 0.15) is 49.7 Å². The number of likely N-dealkylation sites (N-methyl/N-ethyl adjacent to an activating group) is 1. The molecule has 0 bridgehead atoms. The fourth-order valence-electron chi connectivity index (χ4n) is 3.66. The SMILES string of the molecule is CN(C)[C@H]1CCN(CC(=O)NCCc2noc(C3CCCC3)n2)C1. The van der Waals surface area contributed by atoms with Crippen molar-refractivity contribution < 1.29 is 9.32 Å². The molecule has 1 saturated heterocycles. The Kier molecular flexibility index (Phi) is 5.84. The Morgan fingerprint density at radius 3 is 2.83 bits per heavy atom. The third-order valence-electron chi connectivity index (χ3n) is 5.20. The van der Waals surface area contributed by atoms with Gasteiger partial charge in [-0.15, -0.1) is 0 Å². The Morgan fingerprint density at radius 2 is 2.12 bits per heavy atom. The molecule has 2 fully saturated rings. The fraction of sp³-hybridized carbons (Fsp3) is 0.824. The molecule has 1 aromatic rings. The van der Waals surface area contributed by atoms with Crippen molar-refractivity contribution in [1.82, 2.24) is 25.3 Å². The summed E-state index contributed by atoms with van der Waals surface area (Å²) in [7, 11) is 4.19. The van der Waals surface area contributed by atoms with Crippen LogP contribution in [0.4, 0.5) is 0 Å². The smallest absolute Gasteiger partial charge is 0.234 e. The number of aromatic nitrogens is 2. The normalized spacial score (nSPS) is 22.5. The van der Waals surface area contributed by atoms with Crippen molar-refractivity contribution >= 4 is 5.91 Å². The highest BCUT2D eigenvalue weighted by molar-refractivity contribution is 5.78. The predicted octanol–water partition coefficient (Wildman–Crippen LogP) is 1.02. The third kappa shape index (κ3) is 4.54. The first-order valence-corrected chi connectivity index (χ1v) is 9.10. The van der Waals surface area contributed by atoms with Crippen LogP contribution in [0.15, 0.2) is 4.52 Å². The van der Waals surface area contributed by atoms with Crippen LogP contribution < -0.4 is 5.32 Å². The average molecular weight is 335 g/mol. The van der Waals surface area contributed by atoms with E-state index in [1.54, 1.807) is 0 Å². The molecule has 1 aromatic heterocycles. The minimum Gasteiger partial charge on any atom is -0.355 e. The van der Waals surface area contributed by atoms with Gasteiger partial charge >= 0.3 is 0 Å². The lowest BCUT2D eigenvalue weighted by atomic mass is 10.1.